The zero-order chi connectivity index (χ0) is 14.3. The van der Waals surface area contributed by atoms with Gasteiger partial charge in [0.25, 0.3) is 0 Å². The highest BCUT2D eigenvalue weighted by molar-refractivity contribution is 5.84. The van der Waals surface area contributed by atoms with E-state index in [0.717, 1.165) is 24.7 Å². The Bertz CT molecular complexity index is 409. The minimum atomic E-state index is -0.835. The molecular formula is C16H25NO3. The number of carbonyl (C=O) groups excluding carboxylic acids is 1. The van der Waals surface area contributed by atoms with Gasteiger partial charge in [-0.05, 0) is 55.8 Å². The van der Waals surface area contributed by atoms with E-state index in [1.807, 2.05) is 6.92 Å². The van der Waals surface area contributed by atoms with Crippen molar-refractivity contribution in [3.63, 3.8) is 0 Å². The lowest BCUT2D eigenvalue weighted by atomic mass is 9.85. The first kappa shape index (κ1) is 13.9. The Morgan fingerprint density at radius 2 is 2.00 bits per heavy atom. The van der Waals surface area contributed by atoms with Gasteiger partial charge >= 0.3 is 5.97 Å². The van der Waals surface area contributed by atoms with Gasteiger partial charge in [0.15, 0.2) is 0 Å². The third-order valence-electron chi connectivity index (χ3n) is 5.83. The van der Waals surface area contributed by atoms with Crippen LogP contribution in [0.4, 0.5) is 0 Å². The van der Waals surface area contributed by atoms with E-state index < -0.39 is 12.0 Å². The van der Waals surface area contributed by atoms with E-state index in [0.29, 0.717) is 18.9 Å². The summed E-state index contributed by atoms with van der Waals surface area (Å²) in [4.78, 5) is 25.7. The third kappa shape index (κ3) is 2.45. The van der Waals surface area contributed by atoms with Crippen LogP contribution in [-0.4, -0.2) is 34.5 Å². The maximum Gasteiger partial charge on any atom is 0.326 e. The molecule has 3 fully saturated rings. The number of carbonyl (C=O) groups is 2. The predicted octanol–water partition coefficient (Wildman–Crippen LogP) is 2.52. The Morgan fingerprint density at radius 3 is 2.60 bits per heavy atom. The topological polar surface area (TPSA) is 57.6 Å². The number of carboxylic acids is 1. The monoisotopic (exact) mass is 279 g/mol. The molecule has 1 N–H and O–H groups in total. The number of nitrogens with zero attached hydrogens (tertiary/aromatic N) is 1. The molecule has 5 atom stereocenters. The molecule has 1 aliphatic heterocycles. The Kier molecular flexibility index (Phi) is 3.74. The summed E-state index contributed by atoms with van der Waals surface area (Å²) in [5.74, 6) is 1.42. The van der Waals surface area contributed by atoms with E-state index in [1.165, 1.54) is 25.7 Å². The van der Waals surface area contributed by atoms with Crippen LogP contribution < -0.4 is 0 Å². The molecular weight excluding hydrogens is 254 g/mol. The van der Waals surface area contributed by atoms with Crippen molar-refractivity contribution in [1.82, 2.24) is 4.90 Å². The summed E-state index contributed by atoms with van der Waals surface area (Å²) in [7, 11) is 0. The van der Waals surface area contributed by atoms with Crippen molar-refractivity contribution >= 4 is 11.9 Å². The summed E-state index contributed by atoms with van der Waals surface area (Å²) in [6.45, 7) is 2.58. The molecule has 2 saturated carbocycles. The van der Waals surface area contributed by atoms with E-state index in [4.69, 9.17) is 0 Å². The van der Waals surface area contributed by atoms with Gasteiger partial charge in [-0.15, -0.1) is 0 Å². The zero-order valence-corrected chi connectivity index (χ0v) is 12.3. The van der Waals surface area contributed by atoms with E-state index in [2.05, 4.69) is 0 Å². The first-order valence-corrected chi connectivity index (χ1v) is 8.08. The number of carboxylic acid groups (broad SMARTS) is 1. The van der Waals surface area contributed by atoms with Crippen molar-refractivity contribution in [2.45, 2.75) is 57.9 Å². The van der Waals surface area contributed by atoms with Gasteiger partial charge in [-0.2, -0.15) is 0 Å². The molecule has 20 heavy (non-hydrogen) atoms. The highest BCUT2D eigenvalue weighted by Gasteiger charge is 2.43. The van der Waals surface area contributed by atoms with Crippen LogP contribution in [0.2, 0.25) is 0 Å². The van der Waals surface area contributed by atoms with Crippen LogP contribution in [0, 0.1) is 23.7 Å². The molecule has 0 aromatic heterocycles. The average molecular weight is 279 g/mol. The number of fused-ring (bicyclic) bond motifs is 2. The fourth-order valence-corrected chi connectivity index (χ4v) is 4.81. The van der Waals surface area contributed by atoms with E-state index in [9.17, 15) is 14.7 Å². The minimum Gasteiger partial charge on any atom is -0.480 e. The van der Waals surface area contributed by atoms with Gasteiger partial charge in [-0.1, -0.05) is 13.3 Å². The lowest BCUT2D eigenvalue weighted by molar-refractivity contribution is -0.155. The summed E-state index contributed by atoms with van der Waals surface area (Å²) in [5, 5.41) is 9.40. The lowest BCUT2D eigenvalue weighted by Gasteiger charge is -2.38. The van der Waals surface area contributed by atoms with Crippen LogP contribution >= 0.6 is 0 Å². The molecule has 3 rings (SSSR count). The first-order valence-electron chi connectivity index (χ1n) is 8.08. The highest BCUT2D eigenvalue weighted by Crippen LogP contribution is 2.49. The summed E-state index contributed by atoms with van der Waals surface area (Å²) < 4.78 is 0. The minimum absolute atomic E-state index is 0.0743. The highest BCUT2D eigenvalue weighted by atomic mass is 16.4. The summed E-state index contributed by atoms with van der Waals surface area (Å²) in [6.07, 6.45) is 7.55. The van der Waals surface area contributed by atoms with Gasteiger partial charge in [0.2, 0.25) is 5.91 Å². The fraction of sp³-hybridized carbons (Fsp3) is 0.875. The van der Waals surface area contributed by atoms with Crippen LogP contribution in [0.25, 0.3) is 0 Å². The van der Waals surface area contributed by atoms with Crippen molar-refractivity contribution in [3.8, 4) is 0 Å². The van der Waals surface area contributed by atoms with Crippen molar-refractivity contribution in [3.05, 3.63) is 0 Å². The molecule has 2 aliphatic carbocycles. The Labute approximate surface area is 120 Å². The molecule has 1 saturated heterocycles. The fourth-order valence-electron chi connectivity index (χ4n) is 4.81. The standard InChI is InChI=1S/C16H25NO3/c1-10-3-2-6-17(15(10)16(19)20)14(18)9-13-8-11-4-5-12(13)7-11/h10-13,15H,2-9H2,1H3,(H,19,20). The Balaban J connectivity index is 1.64. The van der Waals surface area contributed by atoms with Gasteiger partial charge in [0.05, 0.1) is 0 Å². The van der Waals surface area contributed by atoms with E-state index in [-0.39, 0.29) is 11.8 Å². The van der Waals surface area contributed by atoms with Crippen molar-refractivity contribution in [2.24, 2.45) is 23.7 Å². The second-order valence-electron chi connectivity index (χ2n) is 7.13. The van der Waals surface area contributed by atoms with Crippen LogP contribution in [0.3, 0.4) is 0 Å². The van der Waals surface area contributed by atoms with E-state index >= 15 is 0 Å². The molecule has 1 amide bonds. The first-order chi connectivity index (χ1) is 9.56. The van der Waals surface area contributed by atoms with Gasteiger partial charge in [-0.25, -0.2) is 4.79 Å². The summed E-state index contributed by atoms with van der Waals surface area (Å²) in [6, 6.07) is -0.602. The van der Waals surface area contributed by atoms with Gasteiger partial charge in [-0.3, -0.25) is 4.79 Å². The maximum atomic E-state index is 12.6. The van der Waals surface area contributed by atoms with Crippen LogP contribution in [0.5, 0.6) is 0 Å². The largest absolute Gasteiger partial charge is 0.480 e. The summed E-state index contributed by atoms with van der Waals surface area (Å²) in [5.41, 5.74) is 0. The number of rotatable bonds is 3. The summed E-state index contributed by atoms with van der Waals surface area (Å²) >= 11 is 0. The number of hydrogen-bond donors (Lipinski definition) is 1. The molecule has 4 nitrogen and oxygen atoms in total. The number of likely N-dealkylation sites (tertiary alicyclic amines) is 1. The number of aliphatic carboxylic acids is 1. The van der Waals surface area contributed by atoms with Crippen molar-refractivity contribution in [1.29, 1.82) is 0 Å². The molecule has 0 aromatic rings. The molecule has 112 valence electrons. The number of hydrogen-bond acceptors (Lipinski definition) is 2. The second kappa shape index (κ2) is 5.38. The molecule has 4 heteroatoms. The van der Waals surface area contributed by atoms with Crippen molar-refractivity contribution in [2.75, 3.05) is 6.54 Å². The Morgan fingerprint density at radius 1 is 1.20 bits per heavy atom. The normalized spacial score (nSPS) is 40.0. The molecule has 0 radical (unpaired) electrons. The second-order valence-corrected chi connectivity index (χ2v) is 7.13. The van der Waals surface area contributed by atoms with E-state index in [1.54, 1.807) is 4.90 Å². The zero-order valence-electron chi connectivity index (χ0n) is 12.3. The molecule has 0 spiro atoms. The van der Waals surface area contributed by atoms with Crippen molar-refractivity contribution < 1.29 is 14.7 Å². The van der Waals surface area contributed by atoms with Gasteiger partial charge in [0, 0.05) is 13.0 Å². The number of amides is 1. The van der Waals surface area contributed by atoms with Crippen LogP contribution in [-0.2, 0) is 9.59 Å². The number of piperidine rings is 1. The average Bonchev–Trinajstić information content (AvgIpc) is 3.00. The molecule has 2 bridgehead atoms. The quantitative estimate of drug-likeness (QED) is 0.863. The maximum absolute atomic E-state index is 12.6. The Hall–Kier alpha value is -1.06. The van der Waals surface area contributed by atoms with Crippen LogP contribution in [0.15, 0.2) is 0 Å². The molecule has 5 unspecified atom stereocenters. The third-order valence-corrected chi connectivity index (χ3v) is 5.83. The molecule has 3 aliphatic rings. The van der Waals surface area contributed by atoms with Crippen LogP contribution in [0.1, 0.15) is 51.9 Å². The van der Waals surface area contributed by atoms with Gasteiger partial charge in [0.1, 0.15) is 6.04 Å². The lowest BCUT2D eigenvalue weighted by Crippen LogP contribution is -2.52. The predicted molar refractivity (Wildman–Crippen MR) is 75.1 cm³/mol. The van der Waals surface area contributed by atoms with Gasteiger partial charge < -0.3 is 10.0 Å². The molecule has 1 heterocycles. The molecule has 0 aromatic carbocycles. The SMILES string of the molecule is CC1CCCN(C(=O)CC2CC3CCC2C3)C1C(=O)O. The smallest absolute Gasteiger partial charge is 0.326 e.